The first-order valence-corrected chi connectivity index (χ1v) is 9.25. The van der Waals surface area contributed by atoms with Crippen LogP contribution < -0.4 is 10.2 Å². The number of amides is 2. The van der Waals surface area contributed by atoms with Gasteiger partial charge < -0.3 is 15.1 Å². The van der Waals surface area contributed by atoms with Gasteiger partial charge in [0.2, 0.25) is 0 Å². The van der Waals surface area contributed by atoms with E-state index >= 15 is 0 Å². The fourth-order valence-corrected chi connectivity index (χ4v) is 3.18. The number of benzene rings is 2. The van der Waals surface area contributed by atoms with Crippen molar-refractivity contribution in [2.24, 2.45) is 0 Å². The van der Waals surface area contributed by atoms with E-state index in [1.807, 2.05) is 47.4 Å². The summed E-state index contributed by atoms with van der Waals surface area (Å²) in [4.78, 5) is 16.0. The number of aromatic nitrogens is 2. The highest BCUT2D eigenvalue weighted by atomic mass is 19.1. The molecule has 148 valence electrons. The molecule has 0 atom stereocenters. The summed E-state index contributed by atoms with van der Waals surface area (Å²) in [7, 11) is 0. The second-order valence-corrected chi connectivity index (χ2v) is 6.67. The minimum Gasteiger partial charge on any atom is -0.352 e. The van der Waals surface area contributed by atoms with E-state index in [2.05, 4.69) is 15.5 Å². The van der Waals surface area contributed by atoms with E-state index in [0.717, 1.165) is 29.2 Å². The van der Waals surface area contributed by atoms with E-state index in [-0.39, 0.29) is 5.69 Å². The van der Waals surface area contributed by atoms with Crippen molar-refractivity contribution >= 4 is 17.5 Å². The van der Waals surface area contributed by atoms with Gasteiger partial charge >= 0.3 is 6.03 Å². The monoisotopic (exact) mass is 395 g/mol. The number of urea groups is 1. The van der Waals surface area contributed by atoms with Crippen molar-refractivity contribution in [1.29, 1.82) is 0 Å². The molecular formula is C21H19F2N5O. The molecule has 0 radical (unpaired) electrons. The Hall–Kier alpha value is -3.55. The van der Waals surface area contributed by atoms with Crippen LogP contribution in [0.5, 0.6) is 0 Å². The molecule has 0 saturated carbocycles. The van der Waals surface area contributed by atoms with Crippen LogP contribution in [0.2, 0.25) is 0 Å². The summed E-state index contributed by atoms with van der Waals surface area (Å²) in [5.41, 5.74) is 1.76. The molecule has 0 bridgehead atoms. The molecule has 0 aliphatic carbocycles. The molecule has 2 amide bonds. The summed E-state index contributed by atoms with van der Waals surface area (Å²) in [5, 5.41) is 11.1. The molecule has 2 aromatic carbocycles. The van der Waals surface area contributed by atoms with E-state index in [1.165, 1.54) is 6.07 Å². The van der Waals surface area contributed by atoms with Gasteiger partial charge in [-0.2, -0.15) is 0 Å². The molecule has 8 heteroatoms. The Morgan fingerprint density at radius 3 is 2.31 bits per heavy atom. The molecule has 2 heterocycles. The first-order valence-electron chi connectivity index (χ1n) is 9.25. The number of carbonyl (C=O) groups excluding carboxylic acids is 1. The van der Waals surface area contributed by atoms with Crippen molar-refractivity contribution in [3.8, 4) is 11.3 Å². The number of halogens is 2. The SMILES string of the molecule is O=C(Nc1ccc(F)cc1F)N1CCN(c2ccc(-c3ccccc3)nn2)CC1. The van der Waals surface area contributed by atoms with Crippen molar-refractivity contribution in [3.05, 3.63) is 72.3 Å². The van der Waals surface area contributed by atoms with Crippen LogP contribution in [0, 0.1) is 11.6 Å². The third-order valence-electron chi connectivity index (χ3n) is 4.78. The number of anilines is 2. The van der Waals surface area contributed by atoms with Crippen LogP contribution in [0.15, 0.2) is 60.7 Å². The van der Waals surface area contributed by atoms with Crippen molar-refractivity contribution in [2.75, 3.05) is 36.4 Å². The molecule has 0 spiro atoms. The quantitative estimate of drug-likeness (QED) is 0.733. The van der Waals surface area contributed by atoms with Crippen LogP contribution in [0.4, 0.5) is 25.1 Å². The summed E-state index contributed by atoms with van der Waals surface area (Å²) < 4.78 is 26.7. The Balaban J connectivity index is 1.35. The van der Waals surface area contributed by atoms with Crippen LogP contribution in [0.1, 0.15) is 0 Å². The maximum atomic E-state index is 13.7. The fourth-order valence-electron chi connectivity index (χ4n) is 3.18. The maximum absolute atomic E-state index is 13.7. The summed E-state index contributed by atoms with van der Waals surface area (Å²) in [6, 6.07) is 16.3. The Labute approximate surface area is 166 Å². The first kappa shape index (κ1) is 18.8. The lowest BCUT2D eigenvalue weighted by Gasteiger charge is -2.35. The Morgan fingerprint density at radius 1 is 0.897 bits per heavy atom. The summed E-state index contributed by atoms with van der Waals surface area (Å²) in [5.74, 6) is -0.742. The van der Waals surface area contributed by atoms with Gasteiger partial charge in [-0.25, -0.2) is 13.6 Å². The molecule has 3 aromatic rings. The Bertz CT molecular complexity index is 990. The highest BCUT2D eigenvalue weighted by Crippen LogP contribution is 2.20. The molecule has 6 nitrogen and oxygen atoms in total. The normalized spacial score (nSPS) is 14.0. The topological polar surface area (TPSA) is 61.4 Å². The standard InChI is InChI=1S/C21H19F2N5O/c22-16-6-7-19(17(23)14-16)24-21(29)28-12-10-27(11-13-28)20-9-8-18(25-26-20)15-4-2-1-3-5-15/h1-9,14H,10-13H2,(H,24,29). The van der Waals surface area contributed by atoms with Crippen LogP contribution in [-0.4, -0.2) is 47.3 Å². The van der Waals surface area contributed by atoms with Crippen molar-refractivity contribution < 1.29 is 13.6 Å². The zero-order valence-electron chi connectivity index (χ0n) is 15.6. The molecule has 1 fully saturated rings. The minimum atomic E-state index is -0.800. The lowest BCUT2D eigenvalue weighted by molar-refractivity contribution is 0.208. The molecule has 1 saturated heterocycles. The van der Waals surface area contributed by atoms with E-state index in [1.54, 1.807) is 4.90 Å². The third-order valence-corrected chi connectivity index (χ3v) is 4.78. The average molecular weight is 395 g/mol. The van der Waals surface area contributed by atoms with Gasteiger partial charge in [0.15, 0.2) is 5.82 Å². The number of hydrogen-bond acceptors (Lipinski definition) is 4. The molecule has 1 aromatic heterocycles. The number of carbonyl (C=O) groups is 1. The molecule has 4 rings (SSSR count). The van der Waals surface area contributed by atoms with Gasteiger partial charge in [-0.1, -0.05) is 30.3 Å². The predicted molar refractivity (Wildman–Crippen MR) is 107 cm³/mol. The summed E-state index contributed by atoms with van der Waals surface area (Å²) >= 11 is 0. The van der Waals surface area contributed by atoms with Gasteiger partial charge in [0.1, 0.15) is 11.6 Å². The second-order valence-electron chi connectivity index (χ2n) is 6.67. The van der Waals surface area contributed by atoms with E-state index in [0.29, 0.717) is 26.2 Å². The minimum absolute atomic E-state index is 0.0406. The molecule has 0 unspecified atom stereocenters. The molecule has 29 heavy (non-hydrogen) atoms. The van der Waals surface area contributed by atoms with Crippen LogP contribution in [0.25, 0.3) is 11.3 Å². The largest absolute Gasteiger partial charge is 0.352 e. The number of piperazine rings is 1. The van der Waals surface area contributed by atoms with Crippen molar-refractivity contribution in [3.63, 3.8) is 0 Å². The fraction of sp³-hybridized carbons (Fsp3) is 0.190. The van der Waals surface area contributed by atoms with Gasteiger partial charge in [0.05, 0.1) is 11.4 Å². The third kappa shape index (κ3) is 4.31. The van der Waals surface area contributed by atoms with Crippen molar-refractivity contribution in [1.82, 2.24) is 15.1 Å². The summed E-state index contributed by atoms with van der Waals surface area (Å²) in [6.45, 7) is 2.07. The van der Waals surface area contributed by atoms with E-state index < -0.39 is 17.7 Å². The molecule has 1 aliphatic heterocycles. The second kappa shape index (κ2) is 8.22. The zero-order valence-corrected chi connectivity index (χ0v) is 15.6. The Morgan fingerprint density at radius 2 is 1.66 bits per heavy atom. The van der Waals surface area contributed by atoms with Crippen LogP contribution >= 0.6 is 0 Å². The van der Waals surface area contributed by atoms with Gasteiger partial charge in [-0.3, -0.25) is 0 Å². The lowest BCUT2D eigenvalue weighted by Crippen LogP contribution is -2.50. The highest BCUT2D eigenvalue weighted by molar-refractivity contribution is 5.89. The molecular weight excluding hydrogens is 376 g/mol. The molecule has 1 N–H and O–H groups in total. The number of hydrogen-bond donors (Lipinski definition) is 1. The maximum Gasteiger partial charge on any atom is 0.322 e. The number of nitrogens with zero attached hydrogens (tertiary/aromatic N) is 4. The predicted octanol–water partition coefficient (Wildman–Crippen LogP) is 3.78. The van der Waals surface area contributed by atoms with Gasteiger partial charge in [-0.05, 0) is 24.3 Å². The van der Waals surface area contributed by atoms with Gasteiger partial charge in [-0.15, -0.1) is 10.2 Å². The smallest absolute Gasteiger partial charge is 0.322 e. The average Bonchev–Trinajstić information content (AvgIpc) is 2.76. The van der Waals surface area contributed by atoms with Gasteiger partial charge in [0.25, 0.3) is 0 Å². The number of rotatable bonds is 3. The Kier molecular flexibility index (Phi) is 5.33. The van der Waals surface area contributed by atoms with Gasteiger partial charge in [0, 0.05) is 37.8 Å². The zero-order chi connectivity index (χ0) is 20.2. The first-order chi connectivity index (χ1) is 14.1. The van der Waals surface area contributed by atoms with E-state index in [4.69, 9.17) is 0 Å². The summed E-state index contributed by atoms with van der Waals surface area (Å²) in [6.07, 6.45) is 0. The van der Waals surface area contributed by atoms with Crippen molar-refractivity contribution in [2.45, 2.75) is 0 Å². The van der Waals surface area contributed by atoms with E-state index in [9.17, 15) is 13.6 Å². The van der Waals surface area contributed by atoms with Crippen LogP contribution in [0.3, 0.4) is 0 Å². The lowest BCUT2D eigenvalue weighted by atomic mass is 10.1. The van der Waals surface area contributed by atoms with Crippen LogP contribution in [-0.2, 0) is 0 Å². The molecule has 1 aliphatic rings. The highest BCUT2D eigenvalue weighted by Gasteiger charge is 2.23. The number of nitrogens with one attached hydrogen (secondary N) is 1.